The van der Waals surface area contributed by atoms with Crippen molar-refractivity contribution < 1.29 is 19.1 Å². The highest BCUT2D eigenvalue weighted by Gasteiger charge is 2.14. The van der Waals surface area contributed by atoms with E-state index in [1.165, 1.54) is 13.2 Å². The van der Waals surface area contributed by atoms with Crippen LogP contribution in [0.15, 0.2) is 84.8 Å². The Labute approximate surface area is 168 Å². The summed E-state index contributed by atoms with van der Waals surface area (Å²) in [5, 5.41) is 2.45. The lowest BCUT2D eigenvalue weighted by Gasteiger charge is -2.09. The minimum absolute atomic E-state index is 0.0142. The summed E-state index contributed by atoms with van der Waals surface area (Å²) in [5.74, 6) is -0.669. The number of aromatic nitrogens is 1. The molecule has 0 atom stereocenters. The lowest BCUT2D eigenvalue weighted by Crippen LogP contribution is -2.28. The van der Waals surface area contributed by atoms with Gasteiger partial charge in [0.05, 0.1) is 7.11 Å². The number of nitrogens with one attached hydrogen (secondary N) is 1. The predicted molar refractivity (Wildman–Crippen MR) is 109 cm³/mol. The molecule has 3 rings (SSSR count). The number of pyridine rings is 1. The standard InChI is InChI=1S/C23H20N2O4/c1-28-22(26)21(25-23(27)29-16-18-6-3-2-4-7-18)14-17-9-11-19(12-10-17)20-8-5-13-24-15-20/h2-15H,16H2,1H3,(H,25,27)/b21-14-. The van der Waals surface area contributed by atoms with Gasteiger partial charge in [0.15, 0.2) is 0 Å². The molecule has 1 amide bonds. The zero-order valence-corrected chi connectivity index (χ0v) is 15.9. The Kier molecular flexibility index (Phi) is 6.73. The maximum Gasteiger partial charge on any atom is 0.412 e. The average Bonchev–Trinajstić information content (AvgIpc) is 2.78. The molecule has 0 aliphatic rings. The van der Waals surface area contributed by atoms with Gasteiger partial charge in [-0.1, -0.05) is 60.7 Å². The lowest BCUT2D eigenvalue weighted by molar-refractivity contribution is -0.136. The van der Waals surface area contributed by atoms with Gasteiger partial charge in [-0.3, -0.25) is 10.3 Å². The van der Waals surface area contributed by atoms with Gasteiger partial charge in [-0.25, -0.2) is 9.59 Å². The van der Waals surface area contributed by atoms with Crippen LogP contribution in [0.3, 0.4) is 0 Å². The minimum atomic E-state index is -0.738. The number of amides is 1. The summed E-state index contributed by atoms with van der Waals surface area (Å²) in [7, 11) is 1.25. The van der Waals surface area contributed by atoms with E-state index in [0.717, 1.165) is 22.3 Å². The van der Waals surface area contributed by atoms with Crippen molar-refractivity contribution in [3.63, 3.8) is 0 Å². The fourth-order valence-corrected chi connectivity index (χ4v) is 2.60. The first-order chi connectivity index (χ1) is 14.2. The van der Waals surface area contributed by atoms with Gasteiger partial charge in [0.25, 0.3) is 0 Å². The monoisotopic (exact) mass is 388 g/mol. The zero-order chi connectivity index (χ0) is 20.5. The molecule has 0 spiro atoms. The summed E-state index contributed by atoms with van der Waals surface area (Å²) < 4.78 is 9.92. The molecule has 0 saturated heterocycles. The van der Waals surface area contributed by atoms with Crippen molar-refractivity contribution in [3.05, 3.63) is 95.9 Å². The molecule has 1 N–H and O–H groups in total. The first kappa shape index (κ1) is 19.8. The number of hydrogen-bond acceptors (Lipinski definition) is 5. The van der Waals surface area contributed by atoms with Crippen molar-refractivity contribution in [2.45, 2.75) is 6.61 Å². The van der Waals surface area contributed by atoms with E-state index in [1.807, 2.05) is 66.7 Å². The largest absolute Gasteiger partial charge is 0.464 e. The molecular formula is C23H20N2O4. The van der Waals surface area contributed by atoms with Crippen LogP contribution in [0.25, 0.3) is 17.2 Å². The number of nitrogens with zero attached hydrogens (tertiary/aromatic N) is 1. The average molecular weight is 388 g/mol. The molecule has 6 nitrogen and oxygen atoms in total. The van der Waals surface area contributed by atoms with Crippen LogP contribution in [0.5, 0.6) is 0 Å². The smallest absolute Gasteiger partial charge is 0.412 e. The van der Waals surface area contributed by atoms with Gasteiger partial charge in [0, 0.05) is 12.4 Å². The fourth-order valence-electron chi connectivity index (χ4n) is 2.60. The van der Waals surface area contributed by atoms with E-state index in [9.17, 15) is 9.59 Å². The highest BCUT2D eigenvalue weighted by Crippen LogP contribution is 2.19. The molecule has 0 saturated carbocycles. The zero-order valence-electron chi connectivity index (χ0n) is 15.9. The van der Waals surface area contributed by atoms with Crippen LogP contribution < -0.4 is 5.32 Å². The first-order valence-corrected chi connectivity index (χ1v) is 8.94. The number of ether oxygens (including phenoxy) is 2. The summed E-state index contributed by atoms with van der Waals surface area (Å²) in [6.45, 7) is 0.0981. The number of methoxy groups -OCH3 is 1. The summed E-state index contributed by atoms with van der Waals surface area (Å²) in [6, 6.07) is 20.6. The van der Waals surface area contributed by atoms with E-state index in [2.05, 4.69) is 10.3 Å². The van der Waals surface area contributed by atoms with Crippen LogP contribution in [-0.4, -0.2) is 24.2 Å². The third-order valence-corrected chi connectivity index (χ3v) is 4.07. The van der Waals surface area contributed by atoms with Crippen molar-refractivity contribution in [1.82, 2.24) is 10.3 Å². The molecule has 0 fully saturated rings. The van der Waals surface area contributed by atoms with Crippen LogP contribution in [0, 0.1) is 0 Å². The van der Waals surface area contributed by atoms with Crippen LogP contribution in [0.2, 0.25) is 0 Å². The van der Waals surface area contributed by atoms with E-state index in [0.29, 0.717) is 0 Å². The Morgan fingerprint density at radius 2 is 1.72 bits per heavy atom. The molecule has 1 aromatic heterocycles. The van der Waals surface area contributed by atoms with Gasteiger partial charge in [-0.2, -0.15) is 0 Å². The van der Waals surface area contributed by atoms with Crippen molar-refractivity contribution in [2.75, 3.05) is 7.11 Å². The summed E-state index contributed by atoms with van der Waals surface area (Å²) in [4.78, 5) is 28.2. The quantitative estimate of drug-likeness (QED) is 0.506. The SMILES string of the molecule is COC(=O)/C(=C/c1ccc(-c2cccnc2)cc1)NC(=O)OCc1ccccc1. The normalized spacial score (nSPS) is 10.9. The van der Waals surface area contributed by atoms with Crippen LogP contribution in [-0.2, 0) is 20.9 Å². The number of alkyl carbamates (subject to hydrolysis) is 1. The number of rotatable bonds is 6. The molecule has 0 aliphatic carbocycles. The summed E-state index contributed by atoms with van der Waals surface area (Å²) in [5.41, 5.74) is 3.53. The van der Waals surface area contributed by atoms with Gasteiger partial charge >= 0.3 is 12.1 Å². The number of esters is 1. The molecule has 29 heavy (non-hydrogen) atoms. The molecule has 2 aromatic carbocycles. The van der Waals surface area contributed by atoms with E-state index in [4.69, 9.17) is 9.47 Å². The van der Waals surface area contributed by atoms with Crippen LogP contribution in [0.1, 0.15) is 11.1 Å². The van der Waals surface area contributed by atoms with E-state index < -0.39 is 12.1 Å². The molecular weight excluding hydrogens is 368 g/mol. The highest BCUT2D eigenvalue weighted by atomic mass is 16.6. The molecule has 0 unspecified atom stereocenters. The van der Waals surface area contributed by atoms with E-state index in [-0.39, 0.29) is 12.3 Å². The highest BCUT2D eigenvalue weighted by molar-refractivity contribution is 5.96. The molecule has 0 bridgehead atoms. The molecule has 0 radical (unpaired) electrons. The first-order valence-electron chi connectivity index (χ1n) is 8.94. The summed E-state index contributed by atoms with van der Waals surface area (Å²) >= 11 is 0. The Morgan fingerprint density at radius 3 is 2.38 bits per heavy atom. The maximum absolute atomic E-state index is 12.1. The second kappa shape index (κ2) is 9.85. The minimum Gasteiger partial charge on any atom is -0.464 e. The van der Waals surface area contributed by atoms with Gasteiger partial charge in [0.2, 0.25) is 0 Å². The van der Waals surface area contributed by atoms with Gasteiger partial charge < -0.3 is 9.47 Å². The van der Waals surface area contributed by atoms with Gasteiger partial charge in [-0.15, -0.1) is 0 Å². The third kappa shape index (κ3) is 5.77. The number of hydrogen-bond donors (Lipinski definition) is 1. The van der Waals surface area contributed by atoms with E-state index >= 15 is 0 Å². The van der Waals surface area contributed by atoms with Crippen molar-refractivity contribution >= 4 is 18.1 Å². The molecule has 3 aromatic rings. The number of carbonyl (C=O) groups excluding carboxylic acids is 2. The van der Waals surface area contributed by atoms with E-state index in [1.54, 1.807) is 12.4 Å². The third-order valence-electron chi connectivity index (χ3n) is 4.07. The van der Waals surface area contributed by atoms with Crippen molar-refractivity contribution in [3.8, 4) is 11.1 Å². The lowest BCUT2D eigenvalue weighted by atomic mass is 10.1. The van der Waals surface area contributed by atoms with Gasteiger partial charge in [-0.05, 0) is 34.4 Å². The molecule has 146 valence electrons. The summed E-state index contributed by atoms with van der Waals surface area (Å²) in [6.07, 6.45) is 4.28. The Balaban J connectivity index is 1.70. The second-order valence-corrected chi connectivity index (χ2v) is 6.10. The Bertz CT molecular complexity index is 984. The maximum atomic E-state index is 12.1. The fraction of sp³-hybridized carbons (Fsp3) is 0.0870. The van der Waals surface area contributed by atoms with Crippen molar-refractivity contribution in [1.29, 1.82) is 0 Å². The Morgan fingerprint density at radius 1 is 0.966 bits per heavy atom. The predicted octanol–water partition coefficient (Wildman–Crippen LogP) is 4.19. The van der Waals surface area contributed by atoms with Crippen LogP contribution >= 0.6 is 0 Å². The Hall–Kier alpha value is -3.93. The topological polar surface area (TPSA) is 77.5 Å². The molecule has 1 heterocycles. The van der Waals surface area contributed by atoms with Crippen molar-refractivity contribution in [2.24, 2.45) is 0 Å². The molecule has 6 heteroatoms. The second-order valence-electron chi connectivity index (χ2n) is 6.10. The van der Waals surface area contributed by atoms with Crippen LogP contribution in [0.4, 0.5) is 4.79 Å². The number of carbonyl (C=O) groups is 2. The van der Waals surface area contributed by atoms with Gasteiger partial charge in [0.1, 0.15) is 12.3 Å². The number of benzene rings is 2. The molecule has 0 aliphatic heterocycles.